The predicted octanol–water partition coefficient (Wildman–Crippen LogP) is 7.05. The van der Waals surface area contributed by atoms with Crippen molar-refractivity contribution in [3.05, 3.63) is 11.6 Å². The fourth-order valence-electron chi connectivity index (χ4n) is 8.77. The number of allylic oxidation sites excluding steroid dienone is 1. The summed E-state index contributed by atoms with van der Waals surface area (Å²) < 4.78 is 38.3. The van der Waals surface area contributed by atoms with E-state index in [0.717, 1.165) is 44.9 Å². The molecule has 4 aliphatic carbocycles. The lowest BCUT2D eigenvalue weighted by Gasteiger charge is -2.59. The van der Waals surface area contributed by atoms with Gasteiger partial charge in [0.2, 0.25) is 0 Å². The number of hydrogen-bond donors (Lipinski definition) is 2. The van der Waals surface area contributed by atoms with E-state index >= 15 is 0 Å². The third-order valence-corrected chi connectivity index (χ3v) is 10.9. The van der Waals surface area contributed by atoms with Crippen molar-refractivity contribution in [1.82, 2.24) is 0 Å². The molecular formula is C27H43F3O2. The van der Waals surface area contributed by atoms with Crippen LogP contribution in [0.3, 0.4) is 0 Å². The Hall–Kier alpha value is -0.550. The van der Waals surface area contributed by atoms with Gasteiger partial charge in [0.25, 0.3) is 0 Å². The molecule has 4 aliphatic rings. The fourth-order valence-corrected chi connectivity index (χ4v) is 8.77. The van der Waals surface area contributed by atoms with Crippen molar-refractivity contribution < 1.29 is 23.4 Å². The third-order valence-electron chi connectivity index (χ3n) is 10.9. The highest BCUT2D eigenvalue weighted by atomic mass is 19.4. The maximum absolute atomic E-state index is 12.8. The Bertz CT molecular complexity index is 733. The van der Waals surface area contributed by atoms with Crippen molar-refractivity contribution in [3.63, 3.8) is 0 Å². The summed E-state index contributed by atoms with van der Waals surface area (Å²) in [5, 5.41) is 20.4. The van der Waals surface area contributed by atoms with Crippen molar-refractivity contribution in [1.29, 1.82) is 0 Å². The number of fused-ring (bicyclic) bond motifs is 5. The predicted molar refractivity (Wildman–Crippen MR) is 121 cm³/mol. The van der Waals surface area contributed by atoms with Crippen molar-refractivity contribution in [3.8, 4) is 0 Å². The van der Waals surface area contributed by atoms with Crippen LogP contribution in [0.2, 0.25) is 0 Å². The van der Waals surface area contributed by atoms with E-state index in [1.54, 1.807) is 0 Å². The second-order valence-electron chi connectivity index (χ2n) is 12.4. The first-order chi connectivity index (χ1) is 14.8. The molecule has 0 aromatic rings. The largest absolute Gasteiger partial charge is 0.414 e. The first-order valence-electron chi connectivity index (χ1n) is 13.0. The molecule has 184 valence electrons. The van der Waals surface area contributed by atoms with Gasteiger partial charge in [0, 0.05) is 0 Å². The van der Waals surface area contributed by atoms with Gasteiger partial charge in [-0.25, -0.2) is 0 Å². The second kappa shape index (κ2) is 8.29. The molecule has 0 aromatic heterocycles. The average Bonchev–Trinajstić information content (AvgIpc) is 3.09. The van der Waals surface area contributed by atoms with Crippen molar-refractivity contribution in [2.75, 3.05) is 0 Å². The molecule has 0 bridgehead atoms. The van der Waals surface area contributed by atoms with Gasteiger partial charge in [0.05, 0.1) is 5.60 Å². The number of aliphatic hydroxyl groups excluding tert-OH is 1. The molecule has 3 fully saturated rings. The van der Waals surface area contributed by atoms with Crippen LogP contribution >= 0.6 is 0 Å². The normalized spacial score (nSPS) is 46.0. The van der Waals surface area contributed by atoms with E-state index in [0.29, 0.717) is 30.1 Å². The summed E-state index contributed by atoms with van der Waals surface area (Å²) in [6.07, 6.45) is 5.39. The number of rotatable bonds is 5. The molecule has 5 heteroatoms. The zero-order valence-electron chi connectivity index (χ0n) is 20.3. The minimum Gasteiger partial charge on any atom is -0.390 e. The van der Waals surface area contributed by atoms with Crippen LogP contribution in [0.1, 0.15) is 98.3 Å². The zero-order valence-corrected chi connectivity index (χ0v) is 20.3. The standard InChI is InChI=1S/C27H43F3O2/c1-5-26(32)15-14-24(3)18(16-26)7-8-19-21-10-9-20(25(21,4)13-12-22(19)24)17(2)6-11-23(31)27(28,29)30/h7,17,19-23,31-32H,5-6,8-16H2,1-4H3/t17-,19+,20-,21+,22+,23?,24?,25?,26+/m1/s1. The van der Waals surface area contributed by atoms with E-state index < -0.39 is 17.9 Å². The van der Waals surface area contributed by atoms with E-state index in [1.165, 1.54) is 18.4 Å². The van der Waals surface area contributed by atoms with Gasteiger partial charge in [0.1, 0.15) is 6.10 Å². The van der Waals surface area contributed by atoms with Gasteiger partial charge < -0.3 is 10.2 Å². The van der Waals surface area contributed by atoms with Crippen molar-refractivity contribution in [2.24, 2.45) is 40.4 Å². The Morgan fingerprint density at radius 3 is 2.44 bits per heavy atom. The number of alkyl halides is 3. The molecule has 2 nitrogen and oxygen atoms in total. The summed E-state index contributed by atoms with van der Waals surface area (Å²) in [6, 6.07) is 0. The van der Waals surface area contributed by atoms with E-state index in [4.69, 9.17) is 0 Å². The maximum Gasteiger partial charge on any atom is 0.414 e. The molecule has 0 saturated heterocycles. The van der Waals surface area contributed by atoms with E-state index in [-0.39, 0.29) is 23.2 Å². The summed E-state index contributed by atoms with van der Waals surface area (Å²) in [4.78, 5) is 0. The van der Waals surface area contributed by atoms with Crippen LogP contribution in [0, 0.1) is 40.4 Å². The fraction of sp³-hybridized carbons (Fsp3) is 0.926. The van der Waals surface area contributed by atoms with Crippen LogP contribution in [0.4, 0.5) is 13.2 Å². The van der Waals surface area contributed by atoms with Crippen LogP contribution in [0.5, 0.6) is 0 Å². The highest BCUT2D eigenvalue weighted by molar-refractivity contribution is 5.27. The van der Waals surface area contributed by atoms with Gasteiger partial charge in [-0.3, -0.25) is 0 Å². The molecule has 0 aromatic carbocycles. The van der Waals surface area contributed by atoms with E-state index in [2.05, 4.69) is 33.8 Å². The van der Waals surface area contributed by atoms with Gasteiger partial charge in [-0.1, -0.05) is 39.3 Å². The number of hydrogen-bond acceptors (Lipinski definition) is 2. The summed E-state index contributed by atoms with van der Waals surface area (Å²) >= 11 is 0. The van der Waals surface area contributed by atoms with Gasteiger partial charge in [-0.2, -0.15) is 13.2 Å². The molecule has 4 rings (SSSR count). The molecule has 2 N–H and O–H groups in total. The molecule has 0 spiro atoms. The molecule has 0 heterocycles. The first kappa shape index (κ1) is 24.6. The number of halogens is 3. The van der Waals surface area contributed by atoms with Gasteiger partial charge in [0.15, 0.2) is 0 Å². The summed E-state index contributed by atoms with van der Waals surface area (Å²) in [5.74, 6) is 2.63. The first-order valence-corrected chi connectivity index (χ1v) is 13.0. The zero-order chi connectivity index (χ0) is 23.5. The lowest BCUT2D eigenvalue weighted by molar-refractivity contribution is -0.206. The van der Waals surface area contributed by atoms with Crippen LogP contribution in [-0.2, 0) is 0 Å². The van der Waals surface area contributed by atoms with Gasteiger partial charge >= 0.3 is 6.18 Å². The Labute approximate surface area is 192 Å². The smallest absolute Gasteiger partial charge is 0.390 e. The molecular weight excluding hydrogens is 413 g/mol. The lowest BCUT2D eigenvalue weighted by atomic mass is 9.46. The van der Waals surface area contributed by atoms with Crippen LogP contribution in [0.25, 0.3) is 0 Å². The number of aliphatic hydroxyl groups is 2. The van der Waals surface area contributed by atoms with Crippen molar-refractivity contribution in [2.45, 2.75) is 116 Å². The molecule has 0 aliphatic heterocycles. The summed E-state index contributed by atoms with van der Waals surface area (Å²) in [5.41, 5.74) is 1.36. The van der Waals surface area contributed by atoms with Crippen molar-refractivity contribution >= 4 is 0 Å². The average molecular weight is 457 g/mol. The van der Waals surface area contributed by atoms with Crippen LogP contribution < -0.4 is 0 Å². The molecule has 9 atom stereocenters. The second-order valence-corrected chi connectivity index (χ2v) is 12.4. The van der Waals surface area contributed by atoms with E-state index in [1.807, 2.05) is 0 Å². The van der Waals surface area contributed by atoms with Gasteiger partial charge in [-0.05, 0) is 111 Å². The Kier molecular flexibility index (Phi) is 6.36. The molecule has 3 unspecified atom stereocenters. The van der Waals surface area contributed by atoms with E-state index in [9.17, 15) is 23.4 Å². The Morgan fingerprint density at radius 1 is 1.06 bits per heavy atom. The quantitative estimate of drug-likeness (QED) is 0.435. The third kappa shape index (κ3) is 3.97. The SMILES string of the molecule is CC[C@]1(O)CCC2(C)C(=CC[C@@H]3[C@@H]2CCC2(C)[C@@H]([C@H](C)CCC(O)C(F)(F)F)CC[C@@H]32)C1. The highest BCUT2D eigenvalue weighted by Gasteiger charge is 2.59. The monoisotopic (exact) mass is 456 g/mol. The van der Waals surface area contributed by atoms with Gasteiger partial charge in [-0.15, -0.1) is 0 Å². The molecule has 32 heavy (non-hydrogen) atoms. The topological polar surface area (TPSA) is 40.5 Å². The minimum atomic E-state index is -4.51. The highest BCUT2D eigenvalue weighted by Crippen LogP contribution is 2.67. The van der Waals surface area contributed by atoms with Crippen LogP contribution in [-0.4, -0.2) is 28.1 Å². The van der Waals surface area contributed by atoms with Crippen LogP contribution in [0.15, 0.2) is 11.6 Å². The molecule has 0 amide bonds. The maximum atomic E-state index is 12.8. The summed E-state index contributed by atoms with van der Waals surface area (Å²) in [6.45, 7) is 9.07. The molecule has 3 saturated carbocycles. The minimum absolute atomic E-state index is 0.182. The Balaban J connectivity index is 1.48. The Morgan fingerprint density at radius 2 is 1.78 bits per heavy atom. The lowest BCUT2D eigenvalue weighted by Crippen LogP contribution is -2.52. The summed E-state index contributed by atoms with van der Waals surface area (Å²) in [7, 11) is 0. The molecule has 0 radical (unpaired) electrons.